The van der Waals surface area contributed by atoms with Gasteiger partial charge in [0.15, 0.2) is 0 Å². The lowest BCUT2D eigenvalue weighted by Crippen LogP contribution is -2.44. The Bertz CT molecular complexity index is 432. The van der Waals surface area contributed by atoms with Gasteiger partial charge in [0.1, 0.15) is 18.5 Å². The maximum Gasteiger partial charge on any atom is 0.119 e. The van der Waals surface area contributed by atoms with Crippen molar-refractivity contribution in [2.45, 2.75) is 31.9 Å². The Kier molecular flexibility index (Phi) is 4.78. The highest BCUT2D eigenvalue weighted by Gasteiger charge is 2.25. The van der Waals surface area contributed by atoms with E-state index >= 15 is 0 Å². The van der Waals surface area contributed by atoms with Crippen LogP contribution in [0.1, 0.15) is 25.3 Å². The van der Waals surface area contributed by atoms with Crippen LogP contribution in [0.2, 0.25) is 0 Å². The van der Waals surface area contributed by atoms with Gasteiger partial charge in [-0.3, -0.25) is 0 Å². The third-order valence-electron chi connectivity index (χ3n) is 3.44. The molecule has 0 heterocycles. The molecule has 1 unspecified atom stereocenters. The minimum absolute atomic E-state index is 0.265. The van der Waals surface area contributed by atoms with E-state index in [1.165, 1.54) is 12.8 Å². The molecule has 0 aliphatic heterocycles. The van der Waals surface area contributed by atoms with Crippen molar-refractivity contribution in [3.8, 4) is 11.8 Å². The fraction of sp³-hybridized carbons (Fsp3) is 0.533. The first-order valence-corrected chi connectivity index (χ1v) is 6.72. The predicted molar refractivity (Wildman–Crippen MR) is 72.8 cm³/mol. The number of nitrogens with one attached hydrogen (secondary N) is 1. The highest BCUT2D eigenvalue weighted by Crippen LogP contribution is 2.26. The predicted octanol–water partition coefficient (Wildman–Crippen LogP) is 1.69. The molecular formula is C15H20N2O2. The van der Waals surface area contributed by atoms with E-state index in [0.717, 1.165) is 5.92 Å². The summed E-state index contributed by atoms with van der Waals surface area (Å²) >= 11 is 0. The number of rotatable bonds is 6. The molecule has 4 nitrogen and oxygen atoms in total. The number of benzene rings is 1. The monoisotopic (exact) mass is 260 g/mol. The molecule has 1 aromatic rings. The van der Waals surface area contributed by atoms with Crippen molar-refractivity contribution in [3.05, 3.63) is 29.8 Å². The van der Waals surface area contributed by atoms with Gasteiger partial charge in [-0.2, -0.15) is 5.26 Å². The zero-order valence-corrected chi connectivity index (χ0v) is 11.2. The van der Waals surface area contributed by atoms with Crippen LogP contribution in [0.15, 0.2) is 24.3 Å². The molecule has 0 aromatic heterocycles. The molecule has 0 spiro atoms. The van der Waals surface area contributed by atoms with Crippen molar-refractivity contribution in [2.24, 2.45) is 5.92 Å². The van der Waals surface area contributed by atoms with Crippen LogP contribution in [0.5, 0.6) is 5.75 Å². The Morgan fingerprint density at radius 1 is 1.42 bits per heavy atom. The van der Waals surface area contributed by atoms with Crippen LogP contribution in [0.3, 0.4) is 0 Å². The van der Waals surface area contributed by atoms with Crippen LogP contribution in [0.25, 0.3) is 0 Å². The first-order valence-electron chi connectivity index (χ1n) is 6.72. The van der Waals surface area contributed by atoms with E-state index in [1.807, 2.05) is 0 Å². The molecule has 2 N–H and O–H groups in total. The van der Waals surface area contributed by atoms with E-state index in [4.69, 9.17) is 10.00 Å². The Balaban J connectivity index is 1.65. The van der Waals surface area contributed by atoms with Crippen molar-refractivity contribution >= 4 is 0 Å². The van der Waals surface area contributed by atoms with Gasteiger partial charge in [0, 0.05) is 12.6 Å². The van der Waals surface area contributed by atoms with Crippen molar-refractivity contribution in [1.29, 1.82) is 5.26 Å². The SMILES string of the molecule is CC1CC(NCC(O)COc2ccc(C#N)cc2)C1. The maximum atomic E-state index is 9.81. The fourth-order valence-electron chi connectivity index (χ4n) is 2.25. The smallest absolute Gasteiger partial charge is 0.119 e. The summed E-state index contributed by atoms with van der Waals surface area (Å²) in [7, 11) is 0. The molecular weight excluding hydrogens is 240 g/mol. The molecule has 0 amide bonds. The lowest BCUT2D eigenvalue weighted by Gasteiger charge is -2.34. The molecule has 4 heteroatoms. The molecule has 1 saturated carbocycles. The Morgan fingerprint density at radius 2 is 2.11 bits per heavy atom. The third kappa shape index (κ3) is 4.23. The van der Waals surface area contributed by atoms with Crippen LogP contribution >= 0.6 is 0 Å². The summed E-state index contributed by atoms with van der Waals surface area (Å²) in [4.78, 5) is 0. The molecule has 1 aliphatic carbocycles. The molecule has 2 rings (SSSR count). The normalized spacial score (nSPS) is 23.2. The lowest BCUT2D eigenvalue weighted by molar-refractivity contribution is 0.0955. The molecule has 1 atom stereocenters. The zero-order chi connectivity index (χ0) is 13.7. The highest BCUT2D eigenvalue weighted by molar-refractivity contribution is 5.34. The molecule has 0 bridgehead atoms. The molecule has 0 radical (unpaired) electrons. The maximum absolute atomic E-state index is 9.81. The standard InChI is InChI=1S/C15H20N2O2/c1-11-6-13(7-11)17-9-14(18)10-19-15-4-2-12(8-16)3-5-15/h2-5,11,13-14,17-18H,6-7,9-10H2,1H3. The number of hydrogen-bond acceptors (Lipinski definition) is 4. The second-order valence-corrected chi connectivity index (χ2v) is 5.28. The highest BCUT2D eigenvalue weighted by atomic mass is 16.5. The molecule has 1 aromatic carbocycles. The number of aliphatic hydroxyl groups excluding tert-OH is 1. The van der Waals surface area contributed by atoms with Crippen molar-refractivity contribution in [3.63, 3.8) is 0 Å². The van der Waals surface area contributed by atoms with Gasteiger partial charge in [-0.15, -0.1) is 0 Å². The second kappa shape index (κ2) is 6.55. The van der Waals surface area contributed by atoms with Gasteiger partial charge in [0.25, 0.3) is 0 Å². The van der Waals surface area contributed by atoms with E-state index in [-0.39, 0.29) is 6.61 Å². The Labute approximate surface area is 114 Å². The quantitative estimate of drug-likeness (QED) is 0.817. The molecule has 19 heavy (non-hydrogen) atoms. The largest absolute Gasteiger partial charge is 0.491 e. The van der Waals surface area contributed by atoms with Crippen molar-refractivity contribution in [1.82, 2.24) is 5.32 Å². The molecule has 102 valence electrons. The first-order chi connectivity index (χ1) is 9.17. The third-order valence-corrected chi connectivity index (χ3v) is 3.44. The van der Waals surface area contributed by atoms with E-state index in [0.29, 0.717) is 23.9 Å². The van der Waals surface area contributed by atoms with Crippen LogP contribution < -0.4 is 10.1 Å². The van der Waals surface area contributed by atoms with Gasteiger partial charge in [0.2, 0.25) is 0 Å². The molecule has 0 saturated heterocycles. The second-order valence-electron chi connectivity index (χ2n) is 5.28. The van der Waals surface area contributed by atoms with Gasteiger partial charge in [-0.25, -0.2) is 0 Å². The van der Waals surface area contributed by atoms with Crippen LogP contribution in [0, 0.1) is 17.2 Å². The minimum atomic E-state index is -0.508. The summed E-state index contributed by atoms with van der Waals surface area (Å²) in [6.45, 7) is 3.07. The van der Waals surface area contributed by atoms with Crippen LogP contribution in [0.4, 0.5) is 0 Å². The Morgan fingerprint density at radius 3 is 2.68 bits per heavy atom. The van der Waals surface area contributed by atoms with Gasteiger partial charge in [-0.05, 0) is 43.0 Å². The lowest BCUT2D eigenvalue weighted by atomic mass is 9.82. The number of nitrogens with zero attached hydrogens (tertiary/aromatic N) is 1. The zero-order valence-electron chi connectivity index (χ0n) is 11.2. The van der Waals surface area contributed by atoms with E-state index in [1.54, 1.807) is 24.3 Å². The minimum Gasteiger partial charge on any atom is -0.491 e. The number of ether oxygens (including phenoxy) is 1. The number of aliphatic hydroxyl groups is 1. The Hall–Kier alpha value is -1.57. The summed E-state index contributed by atoms with van der Waals surface area (Å²) in [5, 5.41) is 21.8. The van der Waals surface area contributed by atoms with Gasteiger partial charge in [0.05, 0.1) is 11.6 Å². The van der Waals surface area contributed by atoms with Gasteiger partial charge in [-0.1, -0.05) is 6.92 Å². The summed E-state index contributed by atoms with van der Waals surface area (Å²) in [6.07, 6.45) is 1.89. The average Bonchev–Trinajstić information content (AvgIpc) is 2.40. The summed E-state index contributed by atoms with van der Waals surface area (Å²) in [5.74, 6) is 1.49. The van der Waals surface area contributed by atoms with Crippen LogP contribution in [-0.2, 0) is 0 Å². The molecule has 1 fully saturated rings. The summed E-state index contributed by atoms with van der Waals surface area (Å²) in [5.41, 5.74) is 0.605. The van der Waals surface area contributed by atoms with Crippen molar-refractivity contribution < 1.29 is 9.84 Å². The van der Waals surface area contributed by atoms with E-state index < -0.39 is 6.10 Å². The fourth-order valence-corrected chi connectivity index (χ4v) is 2.25. The molecule has 1 aliphatic rings. The van der Waals surface area contributed by atoms with E-state index in [9.17, 15) is 5.11 Å². The summed E-state index contributed by atoms with van der Waals surface area (Å²) in [6, 6.07) is 9.50. The van der Waals surface area contributed by atoms with E-state index in [2.05, 4.69) is 18.3 Å². The topological polar surface area (TPSA) is 65.3 Å². The van der Waals surface area contributed by atoms with Crippen LogP contribution in [-0.4, -0.2) is 30.4 Å². The first kappa shape index (κ1) is 13.9. The average molecular weight is 260 g/mol. The van der Waals surface area contributed by atoms with Gasteiger partial charge < -0.3 is 15.2 Å². The van der Waals surface area contributed by atoms with Crippen molar-refractivity contribution in [2.75, 3.05) is 13.2 Å². The number of hydrogen-bond donors (Lipinski definition) is 2. The van der Waals surface area contributed by atoms with Gasteiger partial charge >= 0.3 is 0 Å². The number of nitriles is 1. The summed E-state index contributed by atoms with van der Waals surface area (Å²) < 4.78 is 5.47.